The van der Waals surface area contributed by atoms with Gasteiger partial charge in [-0.3, -0.25) is 0 Å². The van der Waals surface area contributed by atoms with Crippen LogP contribution in [0.25, 0.3) is 0 Å². The molecule has 0 saturated heterocycles. The van der Waals surface area contributed by atoms with Crippen LogP contribution in [0, 0.1) is 0 Å². The van der Waals surface area contributed by atoms with E-state index in [9.17, 15) is 4.79 Å². The monoisotopic (exact) mass is 364 g/mol. The van der Waals surface area contributed by atoms with Gasteiger partial charge in [-0.2, -0.15) is 0 Å². The summed E-state index contributed by atoms with van der Waals surface area (Å²) in [5.74, 6) is 0.971. The fourth-order valence-corrected chi connectivity index (χ4v) is 2.86. The molecule has 3 rings (SSSR count). The number of aryl methyl sites for hydroxylation is 1. The molecule has 0 fully saturated rings. The lowest BCUT2D eigenvalue weighted by atomic mass is 10.1. The Morgan fingerprint density at radius 1 is 1.21 bits per heavy atom. The van der Waals surface area contributed by atoms with Gasteiger partial charge >= 0.3 is 6.03 Å². The van der Waals surface area contributed by atoms with Gasteiger partial charge in [0.05, 0.1) is 10.0 Å². The molecule has 0 saturated carbocycles. The Morgan fingerprint density at radius 2 is 2.08 bits per heavy atom. The molecule has 0 atom stereocenters. The van der Waals surface area contributed by atoms with Crippen molar-refractivity contribution in [3.8, 4) is 0 Å². The molecule has 0 aliphatic carbocycles. The average Bonchev–Trinajstić information content (AvgIpc) is 2.58. The lowest BCUT2D eigenvalue weighted by Gasteiger charge is -2.17. The summed E-state index contributed by atoms with van der Waals surface area (Å²) in [6.07, 6.45) is 2.88. The van der Waals surface area contributed by atoms with E-state index in [1.54, 1.807) is 18.2 Å². The van der Waals surface area contributed by atoms with E-state index < -0.39 is 0 Å². The minimum atomic E-state index is -0.288. The topological polar surface area (TPSA) is 66.0 Å². The molecule has 1 aromatic heterocycles. The maximum Gasteiger partial charge on any atom is 0.319 e. The number of hydrogen-bond acceptors (Lipinski definition) is 3. The second-order valence-corrected chi connectivity index (χ2v) is 6.41. The minimum absolute atomic E-state index is 0.288. The first-order valence-corrected chi connectivity index (χ1v) is 8.60. The van der Waals surface area contributed by atoms with E-state index in [1.165, 1.54) is 5.56 Å². The maximum atomic E-state index is 11.9. The number of hydrogen-bond donors (Lipinski definition) is 3. The van der Waals surface area contributed by atoms with Gasteiger partial charge in [-0.25, -0.2) is 9.78 Å². The highest BCUT2D eigenvalue weighted by Gasteiger charge is 2.10. The van der Waals surface area contributed by atoms with Crippen molar-refractivity contribution in [2.45, 2.75) is 19.3 Å². The third kappa shape index (κ3) is 4.30. The number of carbonyl (C=O) groups is 1. The third-order valence-electron chi connectivity index (χ3n) is 3.80. The molecule has 126 valence electrons. The Balaban J connectivity index is 1.49. The van der Waals surface area contributed by atoms with Gasteiger partial charge in [0.2, 0.25) is 0 Å². The number of nitrogens with zero attached hydrogens (tertiary/aromatic N) is 1. The Hall–Kier alpha value is -1.98. The molecule has 2 amide bonds. The van der Waals surface area contributed by atoms with Crippen molar-refractivity contribution in [2.75, 3.05) is 23.7 Å². The SMILES string of the molecule is O=C(NCCc1ccc2c(n1)NCCC2)Nc1ccc(Cl)c(Cl)c1. The quantitative estimate of drug-likeness (QED) is 0.764. The third-order valence-corrected chi connectivity index (χ3v) is 4.54. The van der Waals surface area contributed by atoms with E-state index >= 15 is 0 Å². The van der Waals surface area contributed by atoms with Crippen LogP contribution in [0.5, 0.6) is 0 Å². The van der Waals surface area contributed by atoms with Gasteiger partial charge in [-0.1, -0.05) is 29.3 Å². The van der Waals surface area contributed by atoms with Crippen molar-refractivity contribution in [2.24, 2.45) is 0 Å². The Kier molecular flexibility index (Phi) is 5.43. The number of aromatic nitrogens is 1. The number of halogens is 2. The maximum absolute atomic E-state index is 11.9. The van der Waals surface area contributed by atoms with Crippen LogP contribution in [0.4, 0.5) is 16.3 Å². The number of fused-ring (bicyclic) bond motifs is 1. The fourth-order valence-electron chi connectivity index (χ4n) is 2.56. The molecule has 7 heteroatoms. The highest BCUT2D eigenvalue weighted by atomic mass is 35.5. The van der Waals surface area contributed by atoms with Crippen LogP contribution in [-0.2, 0) is 12.8 Å². The molecule has 0 bridgehead atoms. The summed E-state index contributed by atoms with van der Waals surface area (Å²) in [6, 6.07) is 8.79. The lowest BCUT2D eigenvalue weighted by molar-refractivity contribution is 0.252. The number of benzene rings is 1. The predicted molar refractivity (Wildman–Crippen MR) is 98.2 cm³/mol. The molecular weight excluding hydrogens is 347 g/mol. The Morgan fingerprint density at radius 3 is 2.92 bits per heavy atom. The van der Waals surface area contributed by atoms with Gasteiger partial charge in [0.1, 0.15) is 5.82 Å². The molecule has 0 unspecified atom stereocenters. The molecule has 1 aliphatic rings. The van der Waals surface area contributed by atoms with Gasteiger partial charge in [-0.15, -0.1) is 0 Å². The molecule has 2 heterocycles. The second-order valence-electron chi connectivity index (χ2n) is 5.60. The summed E-state index contributed by atoms with van der Waals surface area (Å²) < 4.78 is 0. The first kappa shape index (κ1) is 16.9. The van der Waals surface area contributed by atoms with E-state index in [1.807, 2.05) is 6.07 Å². The van der Waals surface area contributed by atoms with Gasteiger partial charge in [0, 0.05) is 30.9 Å². The van der Waals surface area contributed by atoms with Crippen LogP contribution in [0.15, 0.2) is 30.3 Å². The van der Waals surface area contributed by atoms with Gasteiger partial charge in [0.15, 0.2) is 0 Å². The highest BCUT2D eigenvalue weighted by molar-refractivity contribution is 6.42. The molecule has 0 spiro atoms. The molecule has 5 nitrogen and oxygen atoms in total. The second kappa shape index (κ2) is 7.73. The van der Waals surface area contributed by atoms with Crippen LogP contribution in [0.3, 0.4) is 0 Å². The van der Waals surface area contributed by atoms with Gasteiger partial charge in [-0.05, 0) is 42.7 Å². The van der Waals surface area contributed by atoms with Crippen LogP contribution >= 0.6 is 23.2 Å². The highest BCUT2D eigenvalue weighted by Crippen LogP contribution is 2.25. The summed E-state index contributed by atoms with van der Waals surface area (Å²) in [7, 11) is 0. The van der Waals surface area contributed by atoms with E-state index in [4.69, 9.17) is 23.2 Å². The van der Waals surface area contributed by atoms with Crippen LogP contribution in [0.2, 0.25) is 10.0 Å². The first-order chi connectivity index (χ1) is 11.6. The fraction of sp³-hybridized carbons (Fsp3) is 0.294. The first-order valence-electron chi connectivity index (χ1n) is 7.84. The van der Waals surface area contributed by atoms with E-state index in [0.717, 1.165) is 30.9 Å². The Labute approximate surface area is 150 Å². The van der Waals surface area contributed by atoms with Crippen molar-refractivity contribution in [1.82, 2.24) is 10.3 Å². The van der Waals surface area contributed by atoms with Gasteiger partial charge < -0.3 is 16.0 Å². The van der Waals surface area contributed by atoms with E-state index in [2.05, 4.69) is 27.0 Å². The van der Waals surface area contributed by atoms with Crippen LogP contribution < -0.4 is 16.0 Å². The van der Waals surface area contributed by atoms with Gasteiger partial charge in [0.25, 0.3) is 0 Å². The molecule has 2 aromatic rings. The number of nitrogens with one attached hydrogen (secondary N) is 3. The summed E-state index contributed by atoms with van der Waals surface area (Å²) in [6.45, 7) is 1.46. The van der Waals surface area contributed by atoms with E-state index in [-0.39, 0.29) is 6.03 Å². The van der Waals surface area contributed by atoms with Crippen molar-refractivity contribution in [3.05, 3.63) is 51.6 Å². The largest absolute Gasteiger partial charge is 0.370 e. The van der Waals surface area contributed by atoms with Crippen molar-refractivity contribution < 1.29 is 4.79 Å². The van der Waals surface area contributed by atoms with E-state index in [0.29, 0.717) is 28.7 Å². The Bertz CT molecular complexity index is 751. The molecule has 0 radical (unpaired) electrons. The molecule has 1 aromatic carbocycles. The molecular formula is C17H18Cl2N4O. The minimum Gasteiger partial charge on any atom is -0.370 e. The average molecular weight is 365 g/mol. The van der Waals surface area contributed by atoms with Crippen molar-refractivity contribution in [1.29, 1.82) is 0 Å². The number of pyridine rings is 1. The number of urea groups is 1. The summed E-state index contributed by atoms with van der Waals surface area (Å²) in [5, 5.41) is 9.69. The number of amides is 2. The zero-order valence-corrected chi connectivity index (χ0v) is 14.5. The number of carbonyl (C=O) groups excluding carboxylic acids is 1. The zero-order chi connectivity index (χ0) is 16.9. The van der Waals surface area contributed by atoms with Crippen molar-refractivity contribution in [3.63, 3.8) is 0 Å². The standard InChI is InChI=1S/C17H18Cl2N4O/c18-14-6-5-13(10-15(14)19)23-17(24)21-9-7-12-4-3-11-2-1-8-20-16(11)22-12/h3-6,10H,1-2,7-9H2,(H,20,22)(H2,21,23,24). The number of rotatable bonds is 4. The molecule has 24 heavy (non-hydrogen) atoms. The van der Waals surface area contributed by atoms with Crippen LogP contribution in [0.1, 0.15) is 17.7 Å². The molecule has 3 N–H and O–H groups in total. The van der Waals surface area contributed by atoms with Crippen LogP contribution in [-0.4, -0.2) is 24.1 Å². The summed E-state index contributed by atoms with van der Waals surface area (Å²) >= 11 is 11.8. The number of anilines is 2. The normalized spacial score (nSPS) is 12.9. The summed E-state index contributed by atoms with van der Waals surface area (Å²) in [4.78, 5) is 16.5. The molecule has 1 aliphatic heterocycles. The summed E-state index contributed by atoms with van der Waals surface area (Å²) in [5.41, 5.74) is 2.81. The zero-order valence-electron chi connectivity index (χ0n) is 13.0. The van der Waals surface area contributed by atoms with Crippen molar-refractivity contribution >= 4 is 40.7 Å². The predicted octanol–water partition coefficient (Wildman–Crippen LogP) is 4.11. The smallest absolute Gasteiger partial charge is 0.319 e. The lowest BCUT2D eigenvalue weighted by Crippen LogP contribution is -2.30.